The van der Waals surface area contributed by atoms with E-state index in [-0.39, 0.29) is 5.82 Å². The van der Waals surface area contributed by atoms with Crippen molar-refractivity contribution < 1.29 is 9.18 Å². The predicted octanol–water partition coefficient (Wildman–Crippen LogP) is 2.20. The number of nitrogens with zero attached hydrogens (tertiary/aromatic N) is 2. The molecular formula is C11H12FN5O. The number of rotatable bonds is 2. The van der Waals surface area contributed by atoms with E-state index in [2.05, 4.69) is 25.8 Å². The molecule has 2 amide bonds. The minimum atomic E-state index is -0.457. The third-order valence-electron chi connectivity index (χ3n) is 2.34. The summed E-state index contributed by atoms with van der Waals surface area (Å²) >= 11 is 0. The van der Waals surface area contributed by atoms with Crippen molar-refractivity contribution in [2.45, 2.75) is 13.8 Å². The van der Waals surface area contributed by atoms with Crippen LogP contribution in [0.3, 0.4) is 0 Å². The fourth-order valence-electron chi connectivity index (χ4n) is 1.45. The first-order valence-corrected chi connectivity index (χ1v) is 5.27. The Bertz CT molecular complexity index is 544. The number of carbonyl (C=O) groups excluding carboxylic acids is 1. The summed E-state index contributed by atoms with van der Waals surface area (Å²) in [7, 11) is 0. The van der Waals surface area contributed by atoms with Crippen LogP contribution in [0.15, 0.2) is 18.3 Å². The van der Waals surface area contributed by atoms with Gasteiger partial charge in [0.15, 0.2) is 0 Å². The number of carbonyl (C=O) groups is 1. The Kier molecular flexibility index (Phi) is 3.22. The van der Waals surface area contributed by atoms with Crippen LogP contribution in [-0.4, -0.2) is 21.2 Å². The molecule has 2 rings (SSSR count). The minimum Gasteiger partial charge on any atom is -0.304 e. The molecule has 7 heteroatoms. The van der Waals surface area contributed by atoms with Crippen molar-refractivity contribution in [3.05, 3.63) is 35.5 Å². The maximum atomic E-state index is 12.6. The Balaban J connectivity index is 2.03. The van der Waals surface area contributed by atoms with Gasteiger partial charge in [-0.05, 0) is 26.0 Å². The topological polar surface area (TPSA) is 82.7 Å². The average molecular weight is 249 g/mol. The fourth-order valence-corrected chi connectivity index (χ4v) is 1.45. The first-order valence-electron chi connectivity index (χ1n) is 5.27. The lowest BCUT2D eigenvalue weighted by molar-refractivity contribution is 0.262. The van der Waals surface area contributed by atoms with Crippen LogP contribution in [0.4, 0.5) is 20.7 Å². The van der Waals surface area contributed by atoms with Crippen LogP contribution in [0.5, 0.6) is 0 Å². The molecule has 0 aliphatic carbocycles. The number of amides is 2. The standard InChI is InChI=1S/C11H12FN5O/c1-6-10(7(2)17-16-6)15-11(18)14-9-4-3-8(12)5-13-9/h3-5H,1-2H3,(H,16,17)(H2,13,14,15,18). The summed E-state index contributed by atoms with van der Waals surface area (Å²) in [5, 5.41) is 11.8. The molecule has 3 N–H and O–H groups in total. The van der Waals surface area contributed by atoms with E-state index in [1.165, 1.54) is 12.1 Å². The number of aryl methyl sites for hydroxylation is 2. The maximum Gasteiger partial charge on any atom is 0.324 e. The Labute approximate surface area is 103 Å². The molecule has 18 heavy (non-hydrogen) atoms. The highest BCUT2D eigenvalue weighted by molar-refractivity contribution is 5.99. The molecule has 0 unspecified atom stereocenters. The zero-order valence-electron chi connectivity index (χ0n) is 9.91. The van der Waals surface area contributed by atoms with Crippen molar-refractivity contribution in [1.82, 2.24) is 15.2 Å². The van der Waals surface area contributed by atoms with E-state index in [9.17, 15) is 9.18 Å². The summed E-state index contributed by atoms with van der Waals surface area (Å²) in [6, 6.07) is 2.14. The van der Waals surface area contributed by atoms with Crippen LogP contribution in [0.25, 0.3) is 0 Å². The highest BCUT2D eigenvalue weighted by Crippen LogP contribution is 2.16. The van der Waals surface area contributed by atoms with Crippen LogP contribution in [-0.2, 0) is 0 Å². The van der Waals surface area contributed by atoms with Gasteiger partial charge in [0, 0.05) is 0 Å². The minimum absolute atomic E-state index is 0.271. The number of aromatic nitrogens is 3. The molecule has 2 aromatic rings. The van der Waals surface area contributed by atoms with Crippen LogP contribution in [0.1, 0.15) is 11.4 Å². The second kappa shape index (κ2) is 4.82. The maximum absolute atomic E-state index is 12.6. The zero-order valence-corrected chi connectivity index (χ0v) is 9.91. The van der Waals surface area contributed by atoms with E-state index in [4.69, 9.17) is 0 Å². The number of halogens is 1. The molecule has 0 radical (unpaired) electrons. The lowest BCUT2D eigenvalue weighted by Gasteiger charge is -2.06. The van der Waals surface area contributed by atoms with Gasteiger partial charge < -0.3 is 5.32 Å². The molecule has 0 atom stereocenters. The van der Waals surface area contributed by atoms with Crippen molar-refractivity contribution in [3.63, 3.8) is 0 Å². The largest absolute Gasteiger partial charge is 0.324 e. The smallest absolute Gasteiger partial charge is 0.304 e. The van der Waals surface area contributed by atoms with Gasteiger partial charge in [-0.15, -0.1) is 0 Å². The number of hydrogen-bond donors (Lipinski definition) is 3. The lowest BCUT2D eigenvalue weighted by Crippen LogP contribution is -2.20. The summed E-state index contributed by atoms with van der Waals surface area (Å²) < 4.78 is 12.6. The van der Waals surface area contributed by atoms with Crippen molar-refractivity contribution in [1.29, 1.82) is 0 Å². The molecule has 0 fully saturated rings. The first kappa shape index (κ1) is 12.0. The highest BCUT2D eigenvalue weighted by atomic mass is 19.1. The van der Waals surface area contributed by atoms with Gasteiger partial charge in [-0.25, -0.2) is 14.2 Å². The molecule has 0 aliphatic rings. The van der Waals surface area contributed by atoms with Crippen LogP contribution >= 0.6 is 0 Å². The lowest BCUT2D eigenvalue weighted by atomic mass is 10.3. The van der Waals surface area contributed by atoms with Gasteiger partial charge in [0.1, 0.15) is 11.6 Å². The number of pyridine rings is 1. The quantitative estimate of drug-likeness (QED) is 0.763. The normalized spacial score (nSPS) is 10.2. The van der Waals surface area contributed by atoms with E-state index in [0.29, 0.717) is 11.4 Å². The number of hydrogen-bond acceptors (Lipinski definition) is 3. The van der Waals surface area contributed by atoms with E-state index >= 15 is 0 Å². The molecule has 94 valence electrons. The Hall–Kier alpha value is -2.44. The summed E-state index contributed by atoms with van der Waals surface area (Å²) in [5.41, 5.74) is 2.07. The van der Waals surface area contributed by atoms with Gasteiger partial charge in [-0.2, -0.15) is 5.10 Å². The van der Waals surface area contributed by atoms with Crippen molar-refractivity contribution >= 4 is 17.5 Å². The van der Waals surface area contributed by atoms with Gasteiger partial charge >= 0.3 is 6.03 Å². The third-order valence-corrected chi connectivity index (χ3v) is 2.34. The van der Waals surface area contributed by atoms with Crippen molar-refractivity contribution in [2.75, 3.05) is 10.6 Å². The second-order valence-electron chi connectivity index (χ2n) is 3.75. The summed E-state index contributed by atoms with van der Waals surface area (Å²) in [5.74, 6) is -0.185. The van der Waals surface area contributed by atoms with Gasteiger partial charge in [0.25, 0.3) is 0 Å². The van der Waals surface area contributed by atoms with Gasteiger partial charge in [-0.3, -0.25) is 10.4 Å². The number of urea groups is 1. The summed E-state index contributed by atoms with van der Waals surface area (Å²) in [6.45, 7) is 3.57. The first-order chi connectivity index (χ1) is 8.56. The number of anilines is 2. The fraction of sp³-hybridized carbons (Fsp3) is 0.182. The molecule has 0 bridgehead atoms. The van der Waals surface area contributed by atoms with Crippen molar-refractivity contribution in [2.24, 2.45) is 0 Å². The second-order valence-corrected chi connectivity index (χ2v) is 3.75. The van der Waals surface area contributed by atoms with Crippen LogP contribution < -0.4 is 10.6 Å². The number of nitrogens with one attached hydrogen (secondary N) is 3. The third kappa shape index (κ3) is 2.62. The van der Waals surface area contributed by atoms with Gasteiger partial charge in [0.2, 0.25) is 0 Å². The Morgan fingerprint density at radius 1 is 1.33 bits per heavy atom. The van der Waals surface area contributed by atoms with Crippen LogP contribution in [0.2, 0.25) is 0 Å². The van der Waals surface area contributed by atoms with Crippen molar-refractivity contribution in [3.8, 4) is 0 Å². The van der Waals surface area contributed by atoms with E-state index in [1.807, 2.05) is 0 Å². The SMILES string of the molecule is Cc1n[nH]c(C)c1NC(=O)Nc1ccc(F)cn1. The highest BCUT2D eigenvalue weighted by Gasteiger charge is 2.10. The Morgan fingerprint density at radius 2 is 2.11 bits per heavy atom. The molecular weight excluding hydrogens is 237 g/mol. The summed E-state index contributed by atoms with van der Waals surface area (Å²) in [4.78, 5) is 15.4. The van der Waals surface area contributed by atoms with E-state index in [1.54, 1.807) is 13.8 Å². The average Bonchev–Trinajstić information content (AvgIpc) is 2.64. The van der Waals surface area contributed by atoms with E-state index < -0.39 is 11.8 Å². The number of H-pyrrole nitrogens is 1. The molecule has 0 saturated heterocycles. The molecule has 0 spiro atoms. The molecule has 2 heterocycles. The molecule has 0 saturated carbocycles. The van der Waals surface area contributed by atoms with Gasteiger partial charge in [0.05, 0.1) is 23.3 Å². The van der Waals surface area contributed by atoms with E-state index in [0.717, 1.165) is 11.9 Å². The molecule has 0 aliphatic heterocycles. The zero-order chi connectivity index (χ0) is 13.1. The number of aromatic amines is 1. The molecule has 0 aromatic carbocycles. The van der Waals surface area contributed by atoms with Crippen LogP contribution in [0, 0.1) is 19.7 Å². The van der Waals surface area contributed by atoms with Gasteiger partial charge in [-0.1, -0.05) is 0 Å². The predicted molar refractivity (Wildman–Crippen MR) is 64.9 cm³/mol. The monoisotopic (exact) mass is 249 g/mol. The summed E-state index contributed by atoms with van der Waals surface area (Å²) in [6.07, 6.45) is 1.03. The Morgan fingerprint density at radius 3 is 2.67 bits per heavy atom. The molecule has 2 aromatic heterocycles. The molecule has 6 nitrogen and oxygen atoms in total.